The van der Waals surface area contributed by atoms with Gasteiger partial charge in [-0.05, 0) is 25.5 Å². The topological polar surface area (TPSA) is 93.4 Å². The molecular formula is C16H17ClN4O3S. The predicted octanol–water partition coefficient (Wildman–Crippen LogP) is 1.97. The van der Waals surface area contributed by atoms with Crippen LogP contribution in [0.3, 0.4) is 0 Å². The molecule has 1 atom stereocenters. The number of aromatic nitrogens is 2. The second-order valence-electron chi connectivity index (χ2n) is 5.86. The van der Waals surface area contributed by atoms with Crippen LogP contribution in [0.4, 0.5) is 0 Å². The van der Waals surface area contributed by atoms with Crippen LogP contribution in [-0.2, 0) is 9.84 Å². The smallest absolute Gasteiger partial charge is 0.267 e. The molecule has 0 radical (unpaired) electrons. The van der Waals surface area contributed by atoms with E-state index in [1.165, 1.54) is 10.9 Å². The van der Waals surface area contributed by atoms with E-state index in [1.54, 1.807) is 31.2 Å². The van der Waals surface area contributed by atoms with Crippen LogP contribution in [0.2, 0.25) is 5.15 Å². The quantitative estimate of drug-likeness (QED) is 0.648. The second-order valence-corrected chi connectivity index (χ2v) is 8.44. The van der Waals surface area contributed by atoms with Crippen LogP contribution in [0.1, 0.15) is 34.1 Å². The Labute approximate surface area is 150 Å². The van der Waals surface area contributed by atoms with Crippen LogP contribution in [-0.4, -0.2) is 41.8 Å². The Bertz CT molecular complexity index is 922. The van der Waals surface area contributed by atoms with Crippen molar-refractivity contribution in [2.75, 3.05) is 11.5 Å². The number of hydrazone groups is 1. The number of carbonyl (C=O) groups is 1. The van der Waals surface area contributed by atoms with Gasteiger partial charge in [0.15, 0.2) is 9.84 Å². The van der Waals surface area contributed by atoms with Crippen LogP contribution >= 0.6 is 11.6 Å². The van der Waals surface area contributed by atoms with Crippen LogP contribution in [0.25, 0.3) is 0 Å². The number of rotatable bonds is 4. The Hall–Kier alpha value is -2.19. The average molecular weight is 381 g/mol. The summed E-state index contributed by atoms with van der Waals surface area (Å²) >= 11 is 6.34. The Balaban J connectivity index is 1.74. The van der Waals surface area contributed by atoms with Crippen molar-refractivity contribution >= 4 is 33.6 Å². The summed E-state index contributed by atoms with van der Waals surface area (Å²) in [6.07, 6.45) is 1.91. The fraction of sp³-hybridized carbons (Fsp3) is 0.312. The normalized spacial score (nSPS) is 19.4. The summed E-state index contributed by atoms with van der Waals surface area (Å²) in [5.41, 5.74) is 4.10. The van der Waals surface area contributed by atoms with E-state index in [1.807, 2.05) is 6.07 Å². The third-order valence-electron chi connectivity index (χ3n) is 4.02. The van der Waals surface area contributed by atoms with Crippen LogP contribution < -0.4 is 5.43 Å². The van der Waals surface area contributed by atoms with Crippen LogP contribution in [0, 0.1) is 6.92 Å². The molecule has 0 aliphatic carbocycles. The number of carbonyl (C=O) groups excluding carboxylic acids is 1. The highest BCUT2D eigenvalue weighted by molar-refractivity contribution is 7.91. The maximum Gasteiger partial charge on any atom is 0.271 e. The minimum atomic E-state index is -3.03. The lowest BCUT2D eigenvalue weighted by atomic mass is 10.2. The molecule has 1 N–H and O–H groups in total. The molecule has 0 bridgehead atoms. The molecule has 3 rings (SSSR count). The van der Waals surface area contributed by atoms with Gasteiger partial charge in [0, 0.05) is 5.56 Å². The van der Waals surface area contributed by atoms with Gasteiger partial charge in [-0.1, -0.05) is 29.8 Å². The predicted molar refractivity (Wildman–Crippen MR) is 95.8 cm³/mol. The molecule has 25 heavy (non-hydrogen) atoms. The van der Waals surface area contributed by atoms with Crippen molar-refractivity contribution in [3.63, 3.8) is 0 Å². The van der Waals surface area contributed by atoms with E-state index in [0.717, 1.165) is 0 Å². The van der Waals surface area contributed by atoms with Gasteiger partial charge in [0.2, 0.25) is 0 Å². The lowest BCUT2D eigenvalue weighted by Crippen LogP contribution is -2.17. The van der Waals surface area contributed by atoms with Crippen LogP contribution in [0.5, 0.6) is 0 Å². The number of hydrogen-bond acceptors (Lipinski definition) is 5. The first-order valence-corrected chi connectivity index (χ1v) is 9.91. The summed E-state index contributed by atoms with van der Waals surface area (Å²) in [4.78, 5) is 11.9. The van der Waals surface area contributed by atoms with E-state index in [2.05, 4.69) is 15.6 Å². The number of halogens is 1. The lowest BCUT2D eigenvalue weighted by Gasteiger charge is -2.09. The number of aryl methyl sites for hydroxylation is 1. The summed E-state index contributed by atoms with van der Waals surface area (Å²) in [6.45, 7) is 1.76. The fourth-order valence-electron chi connectivity index (χ4n) is 2.70. The monoisotopic (exact) mass is 380 g/mol. The largest absolute Gasteiger partial charge is 0.271 e. The number of amides is 1. The first-order valence-electron chi connectivity index (χ1n) is 7.71. The molecule has 1 amide bonds. The van der Waals surface area contributed by atoms with Crippen molar-refractivity contribution in [3.8, 4) is 0 Å². The summed E-state index contributed by atoms with van der Waals surface area (Å²) in [5.74, 6) is -0.154. The maximum atomic E-state index is 11.9. The molecule has 9 heteroatoms. The van der Waals surface area contributed by atoms with E-state index < -0.39 is 9.84 Å². The summed E-state index contributed by atoms with van der Waals surface area (Å²) < 4.78 is 24.8. The van der Waals surface area contributed by atoms with Crippen molar-refractivity contribution in [3.05, 3.63) is 52.3 Å². The van der Waals surface area contributed by atoms with E-state index in [4.69, 9.17) is 11.6 Å². The first-order chi connectivity index (χ1) is 11.9. The molecule has 7 nitrogen and oxygen atoms in total. The zero-order chi connectivity index (χ0) is 18.0. The standard InChI is InChI=1S/C16H17ClN4O3S/c1-11-14(9-18-19-16(22)12-5-3-2-4-6-12)15(17)21(20-11)13-7-8-25(23,24)10-13/h2-6,9,13H,7-8,10H2,1H3,(H,19,22)/b18-9-/t13-/m0/s1. The third-order valence-corrected chi connectivity index (χ3v) is 6.15. The molecule has 1 saturated heterocycles. The van der Waals surface area contributed by atoms with Gasteiger partial charge in [-0.2, -0.15) is 10.2 Å². The van der Waals surface area contributed by atoms with Gasteiger partial charge in [-0.25, -0.2) is 18.5 Å². The summed E-state index contributed by atoms with van der Waals surface area (Å²) in [5, 5.41) is 8.57. The minimum Gasteiger partial charge on any atom is -0.267 e. The molecule has 0 saturated carbocycles. The Morgan fingerprint density at radius 3 is 2.76 bits per heavy atom. The Morgan fingerprint density at radius 1 is 1.40 bits per heavy atom. The number of hydrogen-bond donors (Lipinski definition) is 1. The molecule has 2 heterocycles. The van der Waals surface area contributed by atoms with Gasteiger partial charge in [-0.15, -0.1) is 0 Å². The van der Waals surface area contributed by atoms with Gasteiger partial charge in [-0.3, -0.25) is 4.79 Å². The van der Waals surface area contributed by atoms with Crippen molar-refractivity contribution in [1.82, 2.24) is 15.2 Å². The highest BCUT2D eigenvalue weighted by atomic mass is 35.5. The second kappa shape index (κ2) is 6.97. The summed E-state index contributed by atoms with van der Waals surface area (Å²) in [6, 6.07) is 8.44. The summed E-state index contributed by atoms with van der Waals surface area (Å²) in [7, 11) is -3.03. The number of nitrogens with one attached hydrogen (secondary N) is 1. The zero-order valence-electron chi connectivity index (χ0n) is 13.5. The number of nitrogens with zero attached hydrogens (tertiary/aromatic N) is 3. The van der Waals surface area contributed by atoms with Gasteiger partial charge >= 0.3 is 0 Å². The van der Waals surface area contributed by atoms with Crippen molar-refractivity contribution in [2.45, 2.75) is 19.4 Å². The molecule has 132 valence electrons. The zero-order valence-corrected chi connectivity index (χ0v) is 15.1. The minimum absolute atomic E-state index is 0.0369. The third kappa shape index (κ3) is 3.91. The molecule has 0 spiro atoms. The SMILES string of the molecule is Cc1nn([C@H]2CCS(=O)(=O)C2)c(Cl)c1/C=N\NC(=O)c1ccccc1. The fourth-order valence-corrected chi connectivity index (χ4v) is 4.75. The van der Waals surface area contributed by atoms with Crippen molar-refractivity contribution in [2.24, 2.45) is 5.10 Å². The Morgan fingerprint density at radius 2 is 2.12 bits per heavy atom. The first kappa shape index (κ1) is 17.6. The average Bonchev–Trinajstić information content (AvgIpc) is 3.08. The molecule has 1 aliphatic heterocycles. The van der Waals surface area contributed by atoms with Crippen molar-refractivity contribution in [1.29, 1.82) is 0 Å². The number of sulfone groups is 1. The van der Waals surface area contributed by atoms with Crippen LogP contribution in [0.15, 0.2) is 35.4 Å². The van der Waals surface area contributed by atoms with E-state index in [9.17, 15) is 13.2 Å². The molecular weight excluding hydrogens is 364 g/mol. The van der Waals surface area contributed by atoms with Gasteiger partial charge in [0.1, 0.15) is 5.15 Å². The van der Waals surface area contributed by atoms with Crippen molar-refractivity contribution < 1.29 is 13.2 Å². The lowest BCUT2D eigenvalue weighted by molar-refractivity contribution is 0.0955. The van der Waals surface area contributed by atoms with Gasteiger partial charge < -0.3 is 0 Å². The number of benzene rings is 1. The van der Waals surface area contributed by atoms with E-state index >= 15 is 0 Å². The molecule has 1 fully saturated rings. The van der Waals surface area contributed by atoms with Gasteiger partial charge in [0.05, 0.1) is 35.0 Å². The molecule has 1 aliphatic rings. The maximum absolute atomic E-state index is 11.9. The van der Waals surface area contributed by atoms with E-state index in [-0.39, 0.29) is 23.5 Å². The van der Waals surface area contributed by atoms with E-state index in [0.29, 0.717) is 28.4 Å². The highest BCUT2D eigenvalue weighted by Gasteiger charge is 2.31. The molecule has 1 aromatic heterocycles. The van der Waals surface area contributed by atoms with Gasteiger partial charge in [0.25, 0.3) is 5.91 Å². The molecule has 2 aromatic rings. The highest BCUT2D eigenvalue weighted by Crippen LogP contribution is 2.29. The Kier molecular flexibility index (Phi) is 4.91. The molecule has 0 unspecified atom stereocenters. The molecule has 1 aromatic carbocycles.